The highest BCUT2D eigenvalue weighted by molar-refractivity contribution is 5.73. The van der Waals surface area contributed by atoms with E-state index in [1.807, 2.05) is 0 Å². The number of carbonyl (C=O) groups is 1. The number of aromatic nitrogens is 2. The lowest BCUT2D eigenvalue weighted by Gasteiger charge is -2.43. The van der Waals surface area contributed by atoms with Crippen LogP contribution in [0.1, 0.15) is 27.0 Å². The lowest BCUT2D eigenvalue weighted by molar-refractivity contribution is -0.195. The highest BCUT2D eigenvalue weighted by Gasteiger charge is 2.38. The number of aryl methyl sites for hydroxylation is 1. The van der Waals surface area contributed by atoms with Crippen molar-refractivity contribution in [1.29, 1.82) is 0 Å². The molecule has 8 heteroatoms. The first-order valence-corrected chi connectivity index (χ1v) is 6.47. The van der Waals surface area contributed by atoms with Crippen LogP contribution >= 0.6 is 0 Å². The SMILES string of the molecule is [2H]C[C@]1(CO)CN(C(C)=O)C[C@H](n2cc(C)c(=O)[nH]c2=O)O1. The molecule has 2 heterocycles. The van der Waals surface area contributed by atoms with Gasteiger partial charge in [0.25, 0.3) is 5.56 Å². The minimum atomic E-state index is -1.25. The van der Waals surface area contributed by atoms with Crippen LogP contribution in [-0.4, -0.2) is 50.8 Å². The molecule has 0 aromatic carbocycles. The number of nitrogens with one attached hydrogen (secondary N) is 1. The summed E-state index contributed by atoms with van der Waals surface area (Å²) in [5.74, 6) is -0.242. The third-order valence-corrected chi connectivity index (χ3v) is 3.43. The van der Waals surface area contributed by atoms with Gasteiger partial charge in [0.1, 0.15) is 5.60 Å². The molecule has 1 fully saturated rings. The fraction of sp³-hybridized carbons (Fsp3) is 0.615. The molecule has 116 valence electrons. The molecule has 0 spiro atoms. The van der Waals surface area contributed by atoms with Gasteiger partial charge >= 0.3 is 5.69 Å². The van der Waals surface area contributed by atoms with Gasteiger partial charge in [0, 0.05) is 20.1 Å². The van der Waals surface area contributed by atoms with Gasteiger partial charge in [-0.25, -0.2) is 4.79 Å². The van der Waals surface area contributed by atoms with Crippen molar-refractivity contribution >= 4 is 5.91 Å². The van der Waals surface area contributed by atoms with Gasteiger partial charge in [0.2, 0.25) is 5.91 Å². The molecule has 0 bridgehead atoms. The molecular weight excluding hydrogens is 278 g/mol. The van der Waals surface area contributed by atoms with Crippen LogP contribution in [0.2, 0.25) is 0 Å². The predicted molar refractivity (Wildman–Crippen MR) is 73.9 cm³/mol. The Morgan fingerprint density at radius 3 is 2.95 bits per heavy atom. The van der Waals surface area contributed by atoms with E-state index in [9.17, 15) is 19.5 Å². The Morgan fingerprint density at radius 2 is 2.38 bits per heavy atom. The van der Waals surface area contributed by atoms with Crippen LogP contribution in [0.5, 0.6) is 0 Å². The maximum Gasteiger partial charge on any atom is 0.330 e. The lowest BCUT2D eigenvalue weighted by Crippen LogP contribution is -2.56. The van der Waals surface area contributed by atoms with Gasteiger partial charge in [0.15, 0.2) is 6.23 Å². The molecule has 21 heavy (non-hydrogen) atoms. The smallest absolute Gasteiger partial charge is 0.330 e. The van der Waals surface area contributed by atoms with Gasteiger partial charge < -0.3 is 14.7 Å². The van der Waals surface area contributed by atoms with Gasteiger partial charge in [-0.3, -0.25) is 19.1 Å². The number of nitrogens with zero attached hydrogens (tertiary/aromatic N) is 2. The zero-order valence-corrected chi connectivity index (χ0v) is 12.0. The Morgan fingerprint density at radius 1 is 1.67 bits per heavy atom. The predicted octanol–water partition coefficient (Wildman–Crippen LogP) is -1.03. The number of aliphatic hydroxyl groups is 1. The number of H-pyrrole nitrogens is 1. The molecule has 0 radical (unpaired) electrons. The van der Waals surface area contributed by atoms with Crippen LogP contribution < -0.4 is 11.2 Å². The standard InChI is InChI=1S/C13H19N3O5/c1-8-4-16(12(20)14-11(8)19)10-5-15(9(2)18)6-13(3,7-17)21-10/h4,10,17H,5-7H2,1-3H3,(H,14,19,20)/t10-,13-/m1/s1/i3D. The van der Waals surface area contributed by atoms with Crippen LogP contribution in [0, 0.1) is 6.92 Å². The van der Waals surface area contributed by atoms with Crippen molar-refractivity contribution in [3.8, 4) is 0 Å². The summed E-state index contributed by atoms with van der Waals surface area (Å²) < 4.78 is 14.5. The molecule has 0 aliphatic carbocycles. The number of aliphatic hydroxyl groups excluding tert-OH is 1. The normalized spacial score (nSPS) is 26.5. The summed E-state index contributed by atoms with van der Waals surface area (Å²) in [6.45, 7) is 2.38. The fourth-order valence-electron chi connectivity index (χ4n) is 2.24. The lowest BCUT2D eigenvalue weighted by atomic mass is 10.1. The number of carbonyl (C=O) groups excluding carboxylic acids is 1. The Labute approximate surface area is 122 Å². The summed E-state index contributed by atoms with van der Waals surface area (Å²) in [6, 6.07) is 0. The summed E-state index contributed by atoms with van der Waals surface area (Å²) in [6.07, 6.45) is 0.472. The molecule has 2 N–H and O–H groups in total. The first-order chi connectivity index (χ1) is 10.3. The van der Waals surface area contributed by atoms with Crippen molar-refractivity contribution in [2.45, 2.75) is 32.6 Å². The second-order valence-corrected chi connectivity index (χ2v) is 5.29. The van der Waals surface area contributed by atoms with Crippen LogP contribution in [0.25, 0.3) is 0 Å². The van der Waals surface area contributed by atoms with E-state index in [-0.39, 0.29) is 25.9 Å². The number of ether oxygens (including phenoxy) is 1. The molecule has 0 saturated carbocycles. The van der Waals surface area contributed by atoms with Gasteiger partial charge in [-0.05, 0) is 13.8 Å². The minimum Gasteiger partial charge on any atom is -0.393 e. The van der Waals surface area contributed by atoms with E-state index in [2.05, 4.69) is 4.98 Å². The van der Waals surface area contributed by atoms with Crippen molar-refractivity contribution in [3.05, 3.63) is 32.6 Å². The third-order valence-electron chi connectivity index (χ3n) is 3.43. The summed E-state index contributed by atoms with van der Waals surface area (Å²) in [5, 5.41) is 9.55. The number of aromatic amines is 1. The van der Waals surface area contributed by atoms with Crippen molar-refractivity contribution in [1.82, 2.24) is 14.5 Å². The zero-order valence-electron chi connectivity index (χ0n) is 13.0. The largest absolute Gasteiger partial charge is 0.393 e. The Hall–Kier alpha value is -1.93. The number of hydrogen-bond donors (Lipinski definition) is 2. The molecule has 1 aliphatic rings. The Kier molecular flexibility index (Phi) is 3.64. The number of rotatable bonds is 2. The number of hydrogen-bond acceptors (Lipinski definition) is 5. The van der Waals surface area contributed by atoms with E-state index in [0.29, 0.717) is 5.56 Å². The first kappa shape index (κ1) is 14.0. The van der Waals surface area contributed by atoms with E-state index in [0.717, 1.165) is 0 Å². The average molecular weight is 298 g/mol. The van der Waals surface area contributed by atoms with E-state index < -0.39 is 29.7 Å². The first-order valence-electron chi connectivity index (χ1n) is 7.18. The van der Waals surface area contributed by atoms with Crippen molar-refractivity contribution in [2.24, 2.45) is 0 Å². The molecule has 1 saturated heterocycles. The quantitative estimate of drug-likeness (QED) is 0.726. The van der Waals surface area contributed by atoms with Crippen LogP contribution in [0.15, 0.2) is 15.8 Å². The molecular formula is C13H19N3O5. The second kappa shape index (κ2) is 5.45. The fourth-order valence-corrected chi connectivity index (χ4v) is 2.24. The van der Waals surface area contributed by atoms with E-state index in [1.165, 1.54) is 22.6 Å². The molecule has 1 amide bonds. The van der Waals surface area contributed by atoms with Crippen LogP contribution in [0.3, 0.4) is 0 Å². The van der Waals surface area contributed by atoms with Gasteiger partial charge in [-0.15, -0.1) is 0 Å². The topological polar surface area (TPSA) is 105 Å². The molecule has 0 unspecified atom stereocenters. The number of amides is 1. The Bertz CT molecular complexity index is 679. The van der Waals surface area contributed by atoms with Crippen molar-refractivity contribution in [2.75, 3.05) is 19.7 Å². The van der Waals surface area contributed by atoms with Crippen LogP contribution in [0.4, 0.5) is 0 Å². The van der Waals surface area contributed by atoms with Gasteiger partial charge in [-0.1, -0.05) is 0 Å². The highest BCUT2D eigenvalue weighted by atomic mass is 16.5. The second-order valence-electron chi connectivity index (χ2n) is 5.29. The third kappa shape index (κ3) is 3.06. The summed E-state index contributed by atoms with van der Waals surface area (Å²) in [5.41, 5.74) is -2.08. The average Bonchev–Trinajstić information content (AvgIpc) is 2.50. The summed E-state index contributed by atoms with van der Waals surface area (Å²) >= 11 is 0. The molecule has 8 nitrogen and oxygen atoms in total. The van der Waals surface area contributed by atoms with Crippen LogP contribution in [-0.2, 0) is 9.53 Å². The van der Waals surface area contributed by atoms with E-state index >= 15 is 0 Å². The minimum absolute atomic E-state index is 0.0793. The molecule has 1 aromatic heterocycles. The van der Waals surface area contributed by atoms with Gasteiger partial charge in [-0.2, -0.15) is 0 Å². The number of morpholine rings is 1. The molecule has 1 aliphatic heterocycles. The monoisotopic (exact) mass is 298 g/mol. The molecule has 1 aromatic rings. The van der Waals surface area contributed by atoms with E-state index in [1.54, 1.807) is 6.92 Å². The zero-order chi connectivity index (χ0) is 16.5. The maximum atomic E-state index is 12.0. The molecule has 2 rings (SSSR count). The summed E-state index contributed by atoms with van der Waals surface area (Å²) in [7, 11) is 0. The molecule has 2 atom stereocenters. The van der Waals surface area contributed by atoms with Gasteiger partial charge in [0.05, 0.1) is 19.7 Å². The Balaban J connectivity index is 2.45. The van der Waals surface area contributed by atoms with Crippen molar-refractivity contribution in [3.63, 3.8) is 0 Å². The highest BCUT2D eigenvalue weighted by Crippen LogP contribution is 2.26. The summed E-state index contributed by atoms with van der Waals surface area (Å²) in [4.78, 5) is 38.7. The van der Waals surface area contributed by atoms with Crippen molar-refractivity contribution < 1.29 is 16.0 Å². The maximum absolute atomic E-state index is 12.0. The van der Waals surface area contributed by atoms with E-state index in [4.69, 9.17) is 6.11 Å².